The Labute approximate surface area is 146 Å². The molecule has 0 aliphatic heterocycles. The maximum absolute atomic E-state index is 13.0. The number of methoxy groups -OCH3 is 1. The first-order valence-corrected chi connectivity index (χ1v) is 8.33. The van der Waals surface area contributed by atoms with Crippen LogP contribution in [0.4, 0.5) is 4.39 Å². The smallest absolute Gasteiger partial charge is 0.374 e. The number of aliphatic hydroxyl groups is 1. The Balaban J connectivity index is 1.70. The van der Waals surface area contributed by atoms with Crippen molar-refractivity contribution in [2.45, 2.75) is 38.5 Å². The third-order valence-electron chi connectivity index (χ3n) is 4.42. The van der Waals surface area contributed by atoms with Crippen LogP contribution in [0.5, 0.6) is 0 Å². The van der Waals surface area contributed by atoms with Crippen LogP contribution in [-0.4, -0.2) is 35.7 Å². The molecular weight excluding hydrogens is 325 g/mol. The monoisotopic (exact) mass is 347 g/mol. The minimum Gasteiger partial charge on any atom is -0.463 e. The molecule has 1 aromatic heterocycles. The van der Waals surface area contributed by atoms with Gasteiger partial charge in [0, 0.05) is 18.2 Å². The fourth-order valence-corrected chi connectivity index (χ4v) is 2.92. The van der Waals surface area contributed by atoms with Crippen molar-refractivity contribution < 1.29 is 23.4 Å². The number of nitrogens with zero attached hydrogens (tertiary/aromatic N) is 1. The van der Waals surface area contributed by atoms with Gasteiger partial charge in [-0.1, -0.05) is 12.1 Å². The fraction of sp³-hybridized carbons (Fsp3) is 0.421. The van der Waals surface area contributed by atoms with Crippen molar-refractivity contribution in [3.63, 3.8) is 0 Å². The highest BCUT2D eigenvalue weighted by Gasteiger charge is 2.31. The highest BCUT2D eigenvalue weighted by molar-refractivity contribution is 5.87. The minimum atomic E-state index is -0.711. The van der Waals surface area contributed by atoms with Crippen molar-refractivity contribution >= 4 is 5.97 Å². The predicted molar refractivity (Wildman–Crippen MR) is 89.6 cm³/mol. The lowest BCUT2D eigenvalue weighted by Gasteiger charge is -2.24. The fourth-order valence-electron chi connectivity index (χ4n) is 2.92. The first-order chi connectivity index (χ1) is 12.0. The molecule has 0 amide bonds. The van der Waals surface area contributed by atoms with Crippen LogP contribution in [0.3, 0.4) is 0 Å². The van der Waals surface area contributed by atoms with Gasteiger partial charge in [-0.2, -0.15) is 0 Å². The van der Waals surface area contributed by atoms with Gasteiger partial charge in [0.15, 0.2) is 0 Å². The van der Waals surface area contributed by atoms with Gasteiger partial charge in [-0.05, 0) is 43.5 Å². The lowest BCUT2D eigenvalue weighted by atomic mass is 10.1. The number of aryl methyl sites for hydroxylation is 1. The molecule has 1 aliphatic rings. The Morgan fingerprint density at radius 3 is 2.68 bits per heavy atom. The molecule has 1 unspecified atom stereocenters. The Hall–Kier alpha value is -2.18. The number of aliphatic hydroxyl groups excluding tert-OH is 1. The largest absolute Gasteiger partial charge is 0.463 e. The molecule has 0 bridgehead atoms. The molecule has 134 valence electrons. The number of esters is 1. The summed E-state index contributed by atoms with van der Waals surface area (Å²) in [7, 11) is 1.32. The third-order valence-corrected chi connectivity index (χ3v) is 4.42. The number of carbonyl (C=O) groups is 1. The quantitative estimate of drug-likeness (QED) is 0.779. The minimum absolute atomic E-state index is 0.215. The van der Waals surface area contributed by atoms with Crippen LogP contribution in [0.1, 0.15) is 46.4 Å². The number of hydrogen-bond donors (Lipinski definition) is 1. The summed E-state index contributed by atoms with van der Waals surface area (Å²) in [5.41, 5.74) is 1.41. The second-order valence-electron chi connectivity index (χ2n) is 6.44. The Morgan fingerprint density at radius 2 is 2.08 bits per heavy atom. The van der Waals surface area contributed by atoms with Gasteiger partial charge >= 0.3 is 5.97 Å². The molecule has 6 heteroatoms. The van der Waals surface area contributed by atoms with Crippen LogP contribution in [0, 0.1) is 12.7 Å². The molecule has 1 saturated carbocycles. The van der Waals surface area contributed by atoms with E-state index in [0.29, 0.717) is 30.5 Å². The van der Waals surface area contributed by atoms with Crippen molar-refractivity contribution in [2.75, 3.05) is 13.7 Å². The standard InChI is InChI=1S/C19H22FNO4/c1-12-9-16(25-18(12)19(23)24-2)10-21(15-7-8-15)11-17(22)13-3-5-14(20)6-4-13/h3-6,9,15,17,22H,7-8,10-11H2,1-2H3. The summed E-state index contributed by atoms with van der Waals surface area (Å²) in [6.07, 6.45) is 1.43. The molecule has 25 heavy (non-hydrogen) atoms. The number of furan rings is 1. The van der Waals surface area contributed by atoms with Crippen LogP contribution in [0.2, 0.25) is 0 Å². The molecule has 5 nitrogen and oxygen atoms in total. The third kappa shape index (κ3) is 4.27. The van der Waals surface area contributed by atoms with E-state index in [4.69, 9.17) is 9.15 Å². The summed E-state index contributed by atoms with van der Waals surface area (Å²) in [6.45, 7) is 2.72. The normalized spacial score (nSPS) is 15.4. The molecule has 0 spiro atoms. The number of rotatable bonds is 7. The average Bonchev–Trinajstić information content (AvgIpc) is 3.38. The highest BCUT2D eigenvalue weighted by Crippen LogP contribution is 2.31. The van der Waals surface area contributed by atoms with Crippen LogP contribution in [0.25, 0.3) is 0 Å². The van der Waals surface area contributed by atoms with E-state index in [9.17, 15) is 14.3 Å². The summed E-state index contributed by atoms with van der Waals surface area (Å²) in [5.74, 6) is 0.0629. The number of benzene rings is 1. The van der Waals surface area contributed by atoms with E-state index < -0.39 is 12.1 Å². The van der Waals surface area contributed by atoms with E-state index in [2.05, 4.69) is 4.90 Å². The second-order valence-corrected chi connectivity index (χ2v) is 6.44. The van der Waals surface area contributed by atoms with E-state index in [-0.39, 0.29) is 11.6 Å². The van der Waals surface area contributed by atoms with Crippen LogP contribution in [0.15, 0.2) is 34.7 Å². The van der Waals surface area contributed by atoms with Crippen molar-refractivity contribution in [1.29, 1.82) is 0 Å². The predicted octanol–water partition coefficient (Wildman–Crippen LogP) is 3.21. The summed E-state index contributed by atoms with van der Waals surface area (Å²) in [6, 6.07) is 8.10. The Morgan fingerprint density at radius 1 is 1.40 bits per heavy atom. The second kappa shape index (κ2) is 7.37. The number of halogens is 1. The molecule has 1 aliphatic carbocycles. The van der Waals surface area contributed by atoms with Gasteiger partial charge in [0.25, 0.3) is 0 Å². The maximum Gasteiger partial charge on any atom is 0.374 e. The number of hydrogen-bond acceptors (Lipinski definition) is 5. The molecule has 0 radical (unpaired) electrons. The summed E-state index contributed by atoms with van der Waals surface area (Å²) in [4.78, 5) is 13.8. The first-order valence-electron chi connectivity index (χ1n) is 8.33. The first kappa shape index (κ1) is 17.6. The SMILES string of the molecule is COC(=O)c1oc(CN(CC(O)c2ccc(F)cc2)C2CC2)cc1C. The van der Waals surface area contributed by atoms with Crippen molar-refractivity contribution in [2.24, 2.45) is 0 Å². The summed E-state index contributed by atoms with van der Waals surface area (Å²) < 4.78 is 23.4. The zero-order valence-electron chi connectivity index (χ0n) is 14.4. The lowest BCUT2D eigenvalue weighted by molar-refractivity contribution is 0.0556. The zero-order valence-corrected chi connectivity index (χ0v) is 14.4. The van der Waals surface area contributed by atoms with Gasteiger partial charge in [-0.3, -0.25) is 4.90 Å². The molecular formula is C19H22FNO4. The van der Waals surface area contributed by atoms with Gasteiger partial charge in [-0.25, -0.2) is 9.18 Å². The molecule has 1 fully saturated rings. The van der Waals surface area contributed by atoms with Gasteiger partial charge in [0.1, 0.15) is 11.6 Å². The van der Waals surface area contributed by atoms with Crippen LogP contribution in [-0.2, 0) is 11.3 Å². The van der Waals surface area contributed by atoms with Crippen molar-refractivity contribution in [3.05, 3.63) is 58.8 Å². The highest BCUT2D eigenvalue weighted by atomic mass is 19.1. The van der Waals surface area contributed by atoms with E-state index >= 15 is 0 Å². The zero-order chi connectivity index (χ0) is 18.0. The molecule has 3 rings (SSSR count). The average molecular weight is 347 g/mol. The van der Waals surface area contributed by atoms with Crippen molar-refractivity contribution in [1.82, 2.24) is 4.90 Å². The topological polar surface area (TPSA) is 62.9 Å². The van der Waals surface area contributed by atoms with E-state index in [0.717, 1.165) is 18.4 Å². The van der Waals surface area contributed by atoms with Gasteiger partial charge in [-0.15, -0.1) is 0 Å². The van der Waals surface area contributed by atoms with E-state index in [1.807, 2.05) is 6.07 Å². The van der Waals surface area contributed by atoms with E-state index in [1.54, 1.807) is 19.1 Å². The maximum atomic E-state index is 13.0. The van der Waals surface area contributed by atoms with Crippen LogP contribution >= 0.6 is 0 Å². The van der Waals surface area contributed by atoms with Gasteiger partial charge < -0.3 is 14.3 Å². The van der Waals surface area contributed by atoms with Gasteiger partial charge in [0.05, 0.1) is 19.8 Å². The molecule has 1 heterocycles. The lowest BCUT2D eigenvalue weighted by Crippen LogP contribution is -2.30. The molecule has 1 N–H and O–H groups in total. The molecule has 1 atom stereocenters. The number of carbonyl (C=O) groups excluding carboxylic acids is 1. The van der Waals surface area contributed by atoms with Crippen molar-refractivity contribution in [3.8, 4) is 0 Å². The Kier molecular flexibility index (Phi) is 5.20. The molecule has 2 aromatic rings. The summed E-state index contributed by atoms with van der Waals surface area (Å²) in [5, 5.41) is 10.5. The van der Waals surface area contributed by atoms with Crippen LogP contribution < -0.4 is 0 Å². The molecule has 1 aromatic carbocycles. The molecule has 0 saturated heterocycles. The van der Waals surface area contributed by atoms with E-state index in [1.165, 1.54) is 19.2 Å². The number of ether oxygens (including phenoxy) is 1. The summed E-state index contributed by atoms with van der Waals surface area (Å²) >= 11 is 0. The van der Waals surface area contributed by atoms with Gasteiger partial charge in [0.2, 0.25) is 5.76 Å². The Bertz CT molecular complexity index is 736.